The molecule has 2 heterocycles. The molecule has 156 valence electrons. The summed E-state index contributed by atoms with van der Waals surface area (Å²) in [7, 11) is 1.66. The van der Waals surface area contributed by atoms with E-state index in [9.17, 15) is 13.2 Å². The SMILES string of the molecule is CN=C(NCCCCNc1ccccn1)NCCc1nc(C(F)(F)F)cs1.I. The van der Waals surface area contributed by atoms with Gasteiger partial charge in [-0.05, 0) is 25.0 Å². The van der Waals surface area contributed by atoms with Gasteiger partial charge in [0.15, 0.2) is 11.7 Å². The lowest BCUT2D eigenvalue weighted by Crippen LogP contribution is -2.38. The summed E-state index contributed by atoms with van der Waals surface area (Å²) in [5, 5.41) is 11.0. The molecule has 0 bridgehead atoms. The van der Waals surface area contributed by atoms with Crippen LogP contribution in [-0.4, -0.2) is 42.6 Å². The van der Waals surface area contributed by atoms with Crippen LogP contribution in [0.15, 0.2) is 34.8 Å². The van der Waals surface area contributed by atoms with Crippen LogP contribution in [0.2, 0.25) is 0 Å². The summed E-state index contributed by atoms with van der Waals surface area (Å²) in [4.78, 5) is 11.9. The minimum absolute atomic E-state index is 0. The van der Waals surface area contributed by atoms with Gasteiger partial charge in [0.2, 0.25) is 0 Å². The zero-order valence-corrected chi connectivity index (χ0v) is 18.6. The topological polar surface area (TPSA) is 74.2 Å². The summed E-state index contributed by atoms with van der Waals surface area (Å²) in [5.74, 6) is 1.49. The number of pyridine rings is 1. The van der Waals surface area contributed by atoms with E-state index in [0.717, 1.165) is 48.5 Å². The number of thiazole rings is 1. The summed E-state index contributed by atoms with van der Waals surface area (Å²) in [6.07, 6.45) is -0.308. The smallest absolute Gasteiger partial charge is 0.370 e. The van der Waals surface area contributed by atoms with Crippen LogP contribution in [0.3, 0.4) is 0 Å². The molecule has 6 nitrogen and oxygen atoms in total. The molecular weight excluding hydrogens is 504 g/mol. The van der Waals surface area contributed by atoms with E-state index in [1.807, 2.05) is 18.2 Å². The van der Waals surface area contributed by atoms with Gasteiger partial charge in [-0.25, -0.2) is 9.97 Å². The molecule has 3 N–H and O–H groups in total. The Bertz CT molecular complexity index is 708. The number of nitrogens with one attached hydrogen (secondary N) is 3. The number of aliphatic imine (C=N–C) groups is 1. The van der Waals surface area contributed by atoms with Crippen LogP contribution in [0, 0.1) is 0 Å². The number of rotatable bonds is 9. The van der Waals surface area contributed by atoms with E-state index in [-0.39, 0.29) is 24.0 Å². The molecular formula is C17H24F3IN6S. The Labute approximate surface area is 183 Å². The molecule has 0 aliphatic heterocycles. The van der Waals surface area contributed by atoms with E-state index in [4.69, 9.17) is 0 Å². The second-order valence-corrected chi connectivity index (χ2v) is 6.59. The maximum absolute atomic E-state index is 12.5. The van der Waals surface area contributed by atoms with Crippen molar-refractivity contribution in [1.82, 2.24) is 20.6 Å². The number of aromatic nitrogens is 2. The van der Waals surface area contributed by atoms with E-state index in [2.05, 4.69) is 30.9 Å². The maximum atomic E-state index is 12.5. The predicted octanol–water partition coefficient (Wildman–Crippen LogP) is 3.77. The van der Waals surface area contributed by atoms with Crippen molar-refractivity contribution in [2.45, 2.75) is 25.4 Å². The summed E-state index contributed by atoms with van der Waals surface area (Å²) in [6, 6.07) is 5.73. The summed E-state index contributed by atoms with van der Waals surface area (Å²) in [6.45, 7) is 2.04. The molecule has 0 aliphatic carbocycles. The van der Waals surface area contributed by atoms with Crippen LogP contribution in [0.4, 0.5) is 19.0 Å². The second-order valence-electron chi connectivity index (χ2n) is 5.65. The molecule has 2 aromatic heterocycles. The minimum atomic E-state index is -4.38. The van der Waals surface area contributed by atoms with Gasteiger partial charge in [-0.3, -0.25) is 4.99 Å². The summed E-state index contributed by atoms with van der Waals surface area (Å²) < 4.78 is 37.6. The Kier molecular flexibility index (Phi) is 11.1. The molecule has 0 aromatic carbocycles. The average molecular weight is 528 g/mol. The van der Waals surface area contributed by atoms with E-state index < -0.39 is 11.9 Å². The van der Waals surface area contributed by atoms with E-state index in [1.54, 1.807) is 13.2 Å². The highest BCUT2D eigenvalue weighted by Gasteiger charge is 2.33. The second kappa shape index (κ2) is 12.8. The molecule has 0 saturated heterocycles. The standard InChI is InChI=1S/C17H23F3N6S.HI/c1-21-16(24-10-5-4-9-23-14-6-2-3-8-22-14)25-11-7-15-26-13(12-27-15)17(18,19)20;/h2-3,6,8,12H,4-5,7,9-11H2,1H3,(H,22,23)(H2,21,24,25);1H. The van der Waals surface area contributed by atoms with Crippen molar-refractivity contribution < 1.29 is 13.2 Å². The Morgan fingerprint density at radius 1 is 1.14 bits per heavy atom. The van der Waals surface area contributed by atoms with Gasteiger partial charge < -0.3 is 16.0 Å². The Morgan fingerprint density at radius 3 is 2.54 bits per heavy atom. The van der Waals surface area contributed by atoms with Gasteiger partial charge in [0.05, 0.1) is 5.01 Å². The first-order chi connectivity index (χ1) is 13.0. The van der Waals surface area contributed by atoms with Crippen LogP contribution in [0.25, 0.3) is 0 Å². The number of alkyl halides is 3. The van der Waals surface area contributed by atoms with Crippen molar-refractivity contribution in [3.05, 3.63) is 40.5 Å². The van der Waals surface area contributed by atoms with Crippen molar-refractivity contribution >= 4 is 47.1 Å². The summed E-state index contributed by atoms with van der Waals surface area (Å²) >= 11 is 1.02. The van der Waals surface area contributed by atoms with Crippen molar-refractivity contribution in [3.63, 3.8) is 0 Å². The van der Waals surface area contributed by atoms with Gasteiger partial charge in [-0.1, -0.05) is 6.07 Å². The van der Waals surface area contributed by atoms with E-state index in [1.165, 1.54) is 0 Å². The van der Waals surface area contributed by atoms with E-state index in [0.29, 0.717) is 23.9 Å². The Hall–Kier alpha value is -1.63. The monoisotopic (exact) mass is 528 g/mol. The lowest BCUT2D eigenvalue weighted by atomic mass is 10.3. The first-order valence-electron chi connectivity index (χ1n) is 8.60. The van der Waals surface area contributed by atoms with Gasteiger partial charge >= 0.3 is 6.18 Å². The largest absolute Gasteiger partial charge is 0.434 e. The van der Waals surface area contributed by atoms with Crippen molar-refractivity contribution in [3.8, 4) is 0 Å². The number of guanidine groups is 1. The molecule has 0 saturated carbocycles. The zero-order chi connectivity index (χ0) is 19.5. The molecule has 11 heteroatoms. The van der Waals surface area contributed by atoms with Gasteiger partial charge in [-0.2, -0.15) is 13.2 Å². The van der Waals surface area contributed by atoms with Gasteiger partial charge in [-0.15, -0.1) is 35.3 Å². The minimum Gasteiger partial charge on any atom is -0.370 e. The number of hydrogen-bond acceptors (Lipinski definition) is 5. The Morgan fingerprint density at radius 2 is 1.89 bits per heavy atom. The maximum Gasteiger partial charge on any atom is 0.434 e. The lowest BCUT2D eigenvalue weighted by Gasteiger charge is -2.11. The normalized spacial score (nSPS) is 11.6. The van der Waals surface area contributed by atoms with Gasteiger partial charge in [0.25, 0.3) is 0 Å². The number of unbranched alkanes of at least 4 members (excludes halogenated alkanes) is 1. The van der Waals surface area contributed by atoms with Crippen LogP contribution >= 0.6 is 35.3 Å². The van der Waals surface area contributed by atoms with Crippen molar-refractivity contribution in [2.24, 2.45) is 4.99 Å². The molecule has 0 atom stereocenters. The number of nitrogens with zero attached hydrogens (tertiary/aromatic N) is 3. The highest BCUT2D eigenvalue weighted by atomic mass is 127. The fourth-order valence-corrected chi connectivity index (χ4v) is 3.01. The lowest BCUT2D eigenvalue weighted by molar-refractivity contribution is -0.140. The fourth-order valence-electron chi connectivity index (χ4n) is 2.20. The first kappa shape index (κ1) is 24.4. The highest BCUT2D eigenvalue weighted by Crippen LogP contribution is 2.29. The van der Waals surface area contributed by atoms with Crippen LogP contribution in [0.1, 0.15) is 23.5 Å². The molecule has 0 spiro atoms. The van der Waals surface area contributed by atoms with Crippen LogP contribution in [-0.2, 0) is 12.6 Å². The average Bonchev–Trinajstić information content (AvgIpc) is 3.13. The molecule has 0 amide bonds. The number of anilines is 1. The summed E-state index contributed by atoms with van der Waals surface area (Å²) in [5.41, 5.74) is -0.829. The molecule has 2 aromatic rings. The van der Waals surface area contributed by atoms with Gasteiger partial charge in [0.1, 0.15) is 5.82 Å². The van der Waals surface area contributed by atoms with Crippen LogP contribution < -0.4 is 16.0 Å². The molecule has 0 unspecified atom stereocenters. The third kappa shape index (κ3) is 9.04. The Balaban J connectivity index is 0.00000392. The van der Waals surface area contributed by atoms with E-state index >= 15 is 0 Å². The molecule has 28 heavy (non-hydrogen) atoms. The predicted molar refractivity (Wildman–Crippen MR) is 118 cm³/mol. The van der Waals surface area contributed by atoms with Crippen LogP contribution in [0.5, 0.6) is 0 Å². The molecule has 0 radical (unpaired) electrons. The van der Waals surface area contributed by atoms with Crippen molar-refractivity contribution in [2.75, 3.05) is 32.0 Å². The molecule has 0 aliphatic rings. The highest BCUT2D eigenvalue weighted by molar-refractivity contribution is 14.0. The third-order valence-corrected chi connectivity index (χ3v) is 4.47. The van der Waals surface area contributed by atoms with Gasteiger partial charge in [0, 0.05) is 44.7 Å². The number of hydrogen-bond donors (Lipinski definition) is 3. The zero-order valence-electron chi connectivity index (χ0n) is 15.4. The first-order valence-corrected chi connectivity index (χ1v) is 9.48. The number of halogens is 4. The third-order valence-electron chi connectivity index (χ3n) is 3.56. The molecule has 0 fully saturated rings. The quantitative estimate of drug-likeness (QED) is 0.200. The fraction of sp³-hybridized carbons (Fsp3) is 0.471. The van der Waals surface area contributed by atoms with Crippen molar-refractivity contribution in [1.29, 1.82) is 0 Å². The molecule has 2 rings (SSSR count).